The first kappa shape index (κ1) is 30.4. The van der Waals surface area contributed by atoms with E-state index in [1.165, 1.54) is 12.0 Å². The van der Waals surface area contributed by atoms with Gasteiger partial charge in [0.05, 0.1) is 24.4 Å². The van der Waals surface area contributed by atoms with Gasteiger partial charge in [-0.3, -0.25) is 29.0 Å². The highest BCUT2D eigenvalue weighted by Gasteiger charge is 2.76. The minimum atomic E-state index is -2.04. The van der Waals surface area contributed by atoms with E-state index in [9.17, 15) is 29.4 Å². The van der Waals surface area contributed by atoms with Crippen molar-refractivity contribution in [1.29, 1.82) is 0 Å². The normalized spacial score (nSPS) is 31.6. The zero-order valence-electron chi connectivity index (χ0n) is 22.7. The second-order valence-electron chi connectivity index (χ2n) is 11.3. The molecule has 2 aromatic rings. The maximum Gasteiger partial charge on any atom is 0.254 e. The monoisotopic (exact) mass is 754 g/mol. The molecule has 1 saturated carbocycles. The van der Waals surface area contributed by atoms with Crippen molar-refractivity contribution in [3.63, 3.8) is 0 Å². The maximum absolute atomic E-state index is 14.0. The Hall–Kier alpha value is -2.60. The van der Waals surface area contributed by atoms with Gasteiger partial charge < -0.3 is 14.9 Å². The number of halogens is 4. The van der Waals surface area contributed by atoms with Crippen LogP contribution in [-0.4, -0.2) is 72.5 Å². The predicted octanol–water partition coefficient (Wildman–Crippen LogP) is 4.82. The average molecular weight is 757 g/mol. The molecule has 0 spiro atoms. The number of fused-ring (bicyclic) bond motifs is 4. The summed E-state index contributed by atoms with van der Waals surface area (Å²) in [5, 5.41) is 20.9. The first-order chi connectivity index (χ1) is 20.4. The molecular formula is C30H26Br2Cl2N2O7. The van der Waals surface area contributed by atoms with Gasteiger partial charge in [0.25, 0.3) is 11.8 Å². The number of rotatable bonds is 6. The largest absolute Gasteiger partial charge is 0.508 e. The van der Waals surface area contributed by atoms with Crippen LogP contribution in [-0.2, 0) is 25.6 Å². The van der Waals surface area contributed by atoms with E-state index in [-0.39, 0.29) is 59.5 Å². The summed E-state index contributed by atoms with van der Waals surface area (Å²) < 4.78 is 5.90. The van der Waals surface area contributed by atoms with E-state index < -0.39 is 45.2 Å². The number of alkyl halides is 3. The number of carbonyl (C=O) groups excluding carboxylic acids is 4. The van der Waals surface area contributed by atoms with Gasteiger partial charge in [-0.05, 0) is 55.0 Å². The lowest BCUT2D eigenvalue weighted by Gasteiger charge is -2.50. The van der Waals surface area contributed by atoms with Crippen LogP contribution in [0.25, 0.3) is 0 Å². The van der Waals surface area contributed by atoms with Crippen LogP contribution in [0.3, 0.4) is 0 Å². The van der Waals surface area contributed by atoms with Gasteiger partial charge in [-0.25, -0.2) is 0 Å². The summed E-state index contributed by atoms with van der Waals surface area (Å²) >= 11 is 21.1. The molecule has 2 aliphatic carbocycles. The Bertz CT molecular complexity index is 1600. The molecule has 13 heteroatoms. The van der Waals surface area contributed by atoms with Crippen molar-refractivity contribution >= 4 is 78.7 Å². The molecule has 2 heterocycles. The number of benzene rings is 2. The van der Waals surface area contributed by atoms with Crippen molar-refractivity contribution in [3.8, 4) is 17.2 Å². The van der Waals surface area contributed by atoms with Gasteiger partial charge in [0.15, 0.2) is 21.2 Å². The van der Waals surface area contributed by atoms with E-state index >= 15 is 0 Å². The molecule has 2 aliphatic heterocycles. The molecule has 3 fully saturated rings. The number of methoxy groups -OCH3 is 1. The highest BCUT2D eigenvalue weighted by atomic mass is 79.9. The molecule has 2 aromatic carbocycles. The molecule has 0 bridgehead atoms. The zero-order valence-corrected chi connectivity index (χ0v) is 27.4. The number of carbonyl (C=O) groups is 4. The standard InChI is InChI=1S/C30H26Br2Cl2N2O7/c1-43-21-11-15(32)10-19(24(21)38)23-17-6-7-18-22(20(17)12-29(33)27(41)36(13-31)28(42)30(23,29)34)26(40)35(25(18)39)9-8-14-2-4-16(37)5-3-14/h2-6,10-11,18,20,22-23,37-38H,7-9,12-13H2,1H3/t18-,20+,22-,23+,29+,30-/m0/s1. The third-order valence-corrected chi connectivity index (χ3v) is 11.6. The molecule has 0 aromatic heterocycles. The second-order valence-corrected chi connectivity index (χ2v) is 13.9. The number of aromatic hydroxyl groups is 2. The fourth-order valence-electron chi connectivity index (χ4n) is 7.26. The Morgan fingerprint density at radius 1 is 1.00 bits per heavy atom. The Morgan fingerprint density at radius 2 is 1.70 bits per heavy atom. The number of amides is 4. The molecule has 2 saturated heterocycles. The summed E-state index contributed by atoms with van der Waals surface area (Å²) in [5.74, 6) is -5.49. The van der Waals surface area contributed by atoms with Gasteiger partial charge in [0, 0.05) is 22.5 Å². The number of allylic oxidation sites excluding steroid dienone is 2. The minimum Gasteiger partial charge on any atom is -0.508 e. The van der Waals surface area contributed by atoms with Crippen LogP contribution in [0.15, 0.2) is 52.5 Å². The molecule has 6 rings (SSSR count). The van der Waals surface area contributed by atoms with E-state index in [2.05, 4.69) is 31.9 Å². The van der Waals surface area contributed by atoms with Crippen LogP contribution in [0.5, 0.6) is 17.2 Å². The lowest BCUT2D eigenvalue weighted by molar-refractivity contribution is -0.141. The number of hydrogen-bond acceptors (Lipinski definition) is 7. The summed E-state index contributed by atoms with van der Waals surface area (Å²) in [6.07, 6.45) is 2.28. The number of phenolic OH excluding ortho intramolecular Hbond substituents is 2. The van der Waals surface area contributed by atoms with Gasteiger partial charge in [-0.15, -0.1) is 23.2 Å². The van der Waals surface area contributed by atoms with Gasteiger partial charge in [-0.1, -0.05) is 55.6 Å². The SMILES string of the molecule is COc1cc(Br)cc([C@H]2C3=CC[C@@H]4C(=O)N(CCc5ccc(O)cc5)C(=O)[C@@H]4[C@@H]3C[C@@]3(Cl)C(=O)N(CBr)C(=O)[C@@]23Cl)c1O. The Labute approximate surface area is 274 Å². The van der Waals surface area contributed by atoms with Crippen molar-refractivity contribution in [2.75, 3.05) is 19.1 Å². The molecule has 0 unspecified atom stereocenters. The maximum atomic E-state index is 14.0. The molecule has 4 amide bonds. The van der Waals surface area contributed by atoms with Crippen LogP contribution in [0.1, 0.15) is 29.9 Å². The Kier molecular flexibility index (Phi) is 7.63. The Morgan fingerprint density at radius 3 is 2.35 bits per heavy atom. The summed E-state index contributed by atoms with van der Waals surface area (Å²) in [5.41, 5.74) is 1.48. The fourth-order valence-corrected chi connectivity index (χ4v) is 9.13. The molecular weight excluding hydrogens is 731 g/mol. The van der Waals surface area contributed by atoms with Gasteiger partial charge >= 0.3 is 0 Å². The van der Waals surface area contributed by atoms with Gasteiger partial charge in [0.1, 0.15) is 5.75 Å². The predicted molar refractivity (Wildman–Crippen MR) is 164 cm³/mol. The lowest BCUT2D eigenvalue weighted by atomic mass is 9.56. The van der Waals surface area contributed by atoms with E-state index in [1.807, 2.05) is 6.08 Å². The third kappa shape index (κ3) is 4.29. The molecule has 9 nitrogen and oxygen atoms in total. The molecule has 2 N–H and O–H groups in total. The fraction of sp³-hybridized carbons (Fsp3) is 0.400. The second kappa shape index (κ2) is 10.8. The third-order valence-electron chi connectivity index (χ3n) is 9.27. The van der Waals surface area contributed by atoms with Crippen molar-refractivity contribution < 1.29 is 34.1 Å². The topological polar surface area (TPSA) is 124 Å². The van der Waals surface area contributed by atoms with E-state index in [1.54, 1.807) is 36.4 Å². The number of phenols is 2. The van der Waals surface area contributed by atoms with Gasteiger partial charge in [-0.2, -0.15) is 0 Å². The molecule has 6 atom stereocenters. The van der Waals surface area contributed by atoms with E-state index in [0.717, 1.165) is 10.5 Å². The summed E-state index contributed by atoms with van der Waals surface area (Å²) in [7, 11) is 1.38. The first-order valence-electron chi connectivity index (χ1n) is 13.6. The average Bonchev–Trinajstić information content (AvgIpc) is 3.31. The highest BCUT2D eigenvalue weighted by molar-refractivity contribution is 9.10. The molecule has 226 valence electrons. The highest BCUT2D eigenvalue weighted by Crippen LogP contribution is 2.66. The number of imide groups is 2. The zero-order chi connectivity index (χ0) is 31.0. The number of nitrogens with zero attached hydrogens (tertiary/aromatic N) is 2. The molecule has 0 radical (unpaired) electrons. The van der Waals surface area contributed by atoms with Crippen molar-refractivity contribution in [1.82, 2.24) is 9.80 Å². The van der Waals surface area contributed by atoms with Crippen LogP contribution in [0.4, 0.5) is 0 Å². The van der Waals surface area contributed by atoms with Crippen molar-refractivity contribution in [2.24, 2.45) is 17.8 Å². The van der Waals surface area contributed by atoms with Crippen molar-refractivity contribution in [3.05, 3.63) is 63.6 Å². The van der Waals surface area contributed by atoms with E-state index in [4.69, 9.17) is 27.9 Å². The molecule has 43 heavy (non-hydrogen) atoms. The van der Waals surface area contributed by atoms with Crippen molar-refractivity contribution in [2.45, 2.75) is 34.9 Å². The quantitative estimate of drug-likeness (QED) is 0.188. The summed E-state index contributed by atoms with van der Waals surface area (Å²) in [6.45, 7) is 0.144. The smallest absolute Gasteiger partial charge is 0.254 e. The summed E-state index contributed by atoms with van der Waals surface area (Å²) in [6, 6.07) is 9.69. The summed E-state index contributed by atoms with van der Waals surface area (Å²) in [4.78, 5) is 53.5. The van der Waals surface area contributed by atoms with Crippen LogP contribution < -0.4 is 4.74 Å². The van der Waals surface area contributed by atoms with Crippen LogP contribution in [0, 0.1) is 17.8 Å². The Balaban J connectivity index is 1.45. The number of ether oxygens (including phenoxy) is 1. The molecule has 4 aliphatic rings. The van der Waals surface area contributed by atoms with Crippen LogP contribution in [0.2, 0.25) is 0 Å². The first-order valence-corrected chi connectivity index (χ1v) is 16.3. The minimum absolute atomic E-state index is 0.114. The number of likely N-dealkylation sites (tertiary alicyclic amines) is 2. The number of hydrogen-bond donors (Lipinski definition) is 2. The van der Waals surface area contributed by atoms with E-state index in [0.29, 0.717) is 16.5 Å². The lowest BCUT2D eigenvalue weighted by Crippen LogP contribution is -2.60. The van der Waals surface area contributed by atoms with Crippen LogP contribution >= 0.6 is 55.1 Å². The van der Waals surface area contributed by atoms with Gasteiger partial charge in [0.2, 0.25) is 11.8 Å².